The number of hydrogen-bond acceptors (Lipinski definition) is 4. The van der Waals surface area contributed by atoms with Crippen LogP contribution in [0.15, 0.2) is 6.33 Å². The van der Waals surface area contributed by atoms with Gasteiger partial charge in [-0.25, -0.2) is 9.97 Å². The fourth-order valence-electron chi connectivity index (χ4n) is 2.06. The Morgan fingerprint density at radius 2 is 2.00 bits per heavy atom. The van der Waals surface area contributed by atoms with Gasteiger partial charge in [0.05, 0.1) is 22.8 Å². The number of pyridine rings is 1. The predicted molar refractivity (Wildman–Crippen MR) is 80.1 cm³/mol. The minimum atomic E-state index is -1.63. The summed E-state index contributed by atoms with van der Waals surface area (Å²) in [6.45, 7) is 6.65. The van der Waals surface area contributed by atoms with Crippen molar-refractivity contribution in [2.45, 2.75) is 19.6 Å². The molecule has 0 aliphatic heterocycles. The standard InChI is InChI=1S/C11H18BN5Si/c1-16-6-14-8-9(16)7(13)11(18(3,4)5)15-10(8)17(2)12/h6H,13H2,1-5H3. The summed E-state index contributed by atoms with van der Waals surface area (Å²) in [5.74, 6) is 0.678. The van der Waals surface area contributed by atoms with Crippen LogP contribution in [0.3, 0.4) is 0 Å². The molecule has 0 aliphatic carbocycles. The van der Waals surface area contributed by atoms with E-state index in [9.17, 15) is 0 Å². The van der Waals surface area contributed by atoms with E-state index in [1.807, 2.05) is 11.6 Å². The summed E-state index contributed by atoms with van der Waals surface area (Å²) in [5.41, 5.74) is 8.67. The van der Waals surface area contributed by atoms with Gasteiger partial charge in [0.2, 0.25) is 7.98 Å². The fourth-order valence-corrected chi connectivity index (χ4v) is 3.43. The van der Waals surface area contributed by atoms with Crippen LogP contribution in [0.25, 0.3) is 11.0 Å². The number of nitrogens with two attached hydrogens (primary N) is 1. The quantitative estimate of drug-likeness (QED) is 0.803. The van der Waals surface area contributed by atoms with Gasteiger partial charge >= 0.3 is 0 Å². The van der Waals surface area contributed by atoms with E-state index in [0.29, 0.717) is 5.82 Å². The SMILES string of the molecule is [B]N(C)c1nc([Si](C)(C)C)c(N)c2c1ncn2C. The Labute approximate surface area is 109 Å². The summed E-state index contributed by atoms with van der Waals surface area (Å²) in [6.07, 6.45) is 1.74. The summed E-state index contributed by atoms with van der Waals surface area (Å²) in [4.78, 5) is 10.5. The molecule has 0 aliphatic rings. The first-order valence-corrected chi connectivity index (χ1v) is 9.33. The molecule has 0 amide bonds. The van der Waals surface area contributed by atoms with Crippen molar-refractivity contribution in [2.24, 2.45) is 7.05 Å². The maximum atomic E-state index is 6.27. The van der Waals surface area contributed by atoms with Gasteiger partial charge in [-0.2, -0.15) is 0 Å². The van der Waals surface area contributed by atoms with Crippen LogP contribution in [0.4, 0.5) is 11.5 Å². The molecule has 2 rings (SSSR count). The van der Waals surface area contributed by atoms with Crippen molar-refractivity contribution in [2.75, 3.05) is 17.6 Å². The first-order chi connectivity index (χ1) is 8.23. The van der Waals surface area contributed by atoms with Crippen LogP contribution in [0.5, 0.6) is 0 Å². The van der Waals surface area contributed by atoms with E-state index in [2.05, 4.69) is 29.6 Å². The van der Waals surface area contributed by atoms with Crippen molar-refractivity contribution in [1.82, 2.24) is 14.5 Å². The van der Waals surface area contributed by atoms with Crippen LogP contribution < -0.4 is 15.9 Å². The van der Waals surface area contributed by atoms with E-state index in [1.165, 1.54) is 4.81 Å². The predicted octanol–water partition coefficient (Wildman–Crippen LogP) is 0.615. The topological polar surface area (TPSA) is 60.0 Å². The monoisotopic (exact) mass is 259 g/mol. The zero-order valence-corrected chi connectivity index (χ0v) is 12.5. The molecule has 0 spiro atoms. The molecule has 2 N–H and O–H groups in total. The first kappa shape index (κ1) is 12.9. The van der Waals surface area contributed by atoms with Crippen molar-refractivity contribution in [1.29, 1.82) is 0 Å². The smallest absolute Gasteiger partial charge is 0.228 e. The molecule has 94 valence electrons. The largest absolute Gasteiger partial charge is 0.411 e. The number of fused-ring (bicyclic) bond motifs is 1. The van der Waals surface area contributed by atoms with E-state index in [0.717, 1.165) is 22.0 Å². The Bertz CT molecular complexity index is 599. The number of nitrogens with zero attached hydrogens (tertiary/aromatic N) is 4. The van der Waals surface area contributed by atoms with Gasteiger partial charge < -0.3 is 15.1 Å². The Balaban J connectivity index is 2.90. The van der Waals surface area contributed by atoms with Gasteiger partial charge in [-0.05, 0) is 7.05 Å². The molecule has 2 aromatic rings. The Morgan fingerprint density at radius 3 is 2.50 bits per heavy atom. The van der Waals surface area contributed by atoms with Crippen LogP contribution in [-0.4, -0.2) is 37.6 Å². The van der Waals surface area contributed by atoms with Gasteiger partial charge in [-0.1, -0.05) is 19.6 Å². The maximum absolute atomic E-state index is 6.27. The minimum absolute atomic E-state index is 0.678. The third-order valence-electron chi connectivity index (χ3n) is 2.92. The third kappa shape index (κ3) is 1.88. The van der Waals surface area contributed by atoms with E-state index in [4.69, 9.17) is 13.7 Å². The van der Waals surface area contributed by atoms with Crippen molar-refractivity contribution < 1.29 is 0 Å². The molecule has 7 heteroatoms. The number of aryl methyl sites for hydroxylation is 1. The van der Waals surface area contributed by atoms with Gasteiger partial charge in [0.25, 0.3) is 0 Å². The average molecular weight is 259 g/mol. The number of imidazole rings is 1. The maximum Gasteiger partial charge on any atom is 0.228 e. The normalized spacial score (nSPS) is 12.1. The van der Waals surface area contributed by atoms with Crippen molar-refractivity contribution in [3.63, 3.8) is 0 Å². The second-order valence-electron chi connectivity index (χ2n) is 5.61. The molecule has 2 aromatic heterocycles. The van der Waals surface area contributed by atoms with Crippen LogP contribution in [-0.2, 0) is 7.05 Å². The molecule has 0 saturated carbocycles. The molecule has 0 unspecified atom stereocenters. The van der Waals surface area contributed by atoms with Crippen LogP contribution in [0, 0.1) is 0 Å². The zero-order chi connectivity index (χ0) is 13.7. The van der Waals surface area contributed by atoms with Gasteiger partial charge in [-0.15, -0.1) is 0 Å². The minimum Gasteiger partial charge on any atom is -0.411 e. The lowest BCUT2D eigenvalue weighted by Gasteiger charge is -2.22. The molecule has 2 radical (unpaired) electrons. The van der Waals surface area contributed by atoms with Crippen LogP contribution in [0.2, 0.25) is 19.6 Å². The molecule has 0 saturated heterocycles. The van der Waals surface area contributed by atoms with E-state index >= 15 is 0 Å². The van der Waals surface area contributed by atoms with Gasteiger partial charge in [0.15, 0.2) is 0 Å². The highest BCUT2D eigenvalue weighted by Gasteiger charge is 2.26. The van der Waals surface area contributed by atoms with Gasteiger partial charge in [0.1, 0.15) is 19.4 Å². The Kier molecular flexibility index (Phi) is 2.89. The average Bonchev–Trinajstić information content (AvgIpc) is 2.59. The summed E-state index contributed by atoms with van der Waals surface area (Å²) in [5, 5.41) is 0.978. The molecule has 0 aromatic carbocycles. The molecular formula is C11H18BN5Si. The molecule has 0 atom stereocenters. The van der Waals surface area contributed by atoms with Crippen molar-refractivity contribution >= 4 is 43.9 Å². The second-order valence-corrected chi connectivity index (χ2v) is 10.6. The molecule has 2 heterocycles. The summed E-state index contributed by atoms with van der Waals surface area (Å²) >= 11 is 0. The lowest BCUT2D eigenvalue weighted by Crippen LogP contribution is -2.42. The van der Waals surface area contributed by atoms with Gasteiger partial charge in [0, 0.05) is 7.05 Å². The highest BCUT2D eigenvalue weighted by molar-refractivity contribution is 6.89. The fraction of sp³-hybridized carbons (Fsp3) is 0.455. The summed E-state index contributed by atoms with van der Waals surface area (Å²) in [7, 11) is 7.91. The molecule has 5 nitrogen and oxygen atoms in total. The third-order valence-corrected chi connectivity index (χ3v) is 4.72. The van der Waals surface area contributed by atoms with Crippen molar-refractivity contribution in [3.05, 3.63) is 6.33 Å². The van der Waals surface area contributed by atoms with E-state index in [-0.39, 0.29) is 0 Å². The number of aromatic nitrogens is 3. The van der Waals surface area contributed by atoms with Crippen LogP contribution in [0.1, 0.15) is 0 Å². The molecular weight excluding hydrogens is 241 g/mol. The lowest BCUT2D eigenvalue weighted by molar-refractivity contribution is 0.949. The zero-order valence-electron chi connectivity index (χ0n) is 11.5. The number of anilines is 2. The first-order valence-electron chi connectivity index (χ1n) is 5.83. The Morgan fingerprint density at radius 1 is 1.39 bits per heavy atom. The van der Waals surface area contributed by atoms with Crippen molar-refractivity contribution in [3.8, 4) is 0 Å². The highest BCUT2D eigenvalue weighted by Crippen LogP contribution is 2.26. The number of rotatable bonds is 2. The molecule has 0 bridgehead atoms. The molecule has 0 fully saturated rings. The lowest BCUT2D eigenvalue weighted by atomic mass is 10.2. The van der Waals surface area contributed by atoms with Gasteiger partial charge in [-0.3, -0.25) is 0 Å². The van der Waals surface area contributed by atoms with E-state index in [1.54, 1.807) is 13.4 Å². The number of nitrogen functional groups attached to an aromatic ring is 1. The summed E-state index contributed by atoms with van der Waals surface area (Å²) in [6, 6.07) is 0. The second kappa shape index (κ2) is 4.01. The highest BCUT2D eigenvalue weighted by atomic mass is 28.3. The number of hydrogen-bond donors (Lipinski definition) is 1. The Hall–Kier alpha value is -1.50. The molecule has 18 heavy (non-hydrogen) atoms. The summed E-state index contributed by atoms with van der Waals surface area (Å²) < 4.78 is 1.92. The van der Waals surface area contributed by atoms with Crippen LogP contribution >= 0.6 is 0 Å². The van der Waals surface area contributed by atoms with E-state index < -0.39 is 8.07 Å².